The zero-order valence-corrected chi connectivity index (χ0v) is 39.2. The van der Waals surface area contributed by atoms with Gasteiger partial charge in [0.25, 0.3) is 23.6 Å². The van der Waals surface area contributed by atoms with Crippen LogP contribution < -0.4 is 30.7 Å². The number of anilines is 4. The monoisotopic (exact) mass is 994 g/mol. The molecule has 0 bridgehead atoms. The fourth-order valence-corrected chi connectivity index (χ4v) is 7.04. The van der Waals surface area contributed by atoms with Crippen molar-refractivity contribution in [1.82, 2.24) is 0 Å². The van der Waals surface area contributed by atoms with Gasteiger partial charge in [-0.2, -0.15) is 20.5 Å². The average Bonchev–Trinajstić information content (AvgIpc) is 3.30. The maximum Gasteiger partial charge on any atom is 0.258 e. The number of ether oxygens (including phenoxy) is 2. The topological polar surface area (TPSA) is 218 Å². The van der Waals surface area contributed by atoms with E-state index >= 15 is 0 Å². The number of azo groups is 2. The highest BCUT2D eigenvalue weighted by molar-refractivity contribution is 6.37. The number of halogens is 5. The van der Waals surface area contributed by atoms with Crippen molar-refractivity contribution in [2.24, 2.45) is 20.5 Å². The summed E-state index contributed by atoms with van der Waals surface area (Å²) in [5, 5.41) is 26.4. The van der Waals surface area contributed by atoms with Gasteiger partial charge in [-0.05, 0) is 97.3 Å². The van der Waals surface area contributed by atoms with Crippen LogP contribution in [0.1, 0.15) is 51.3 Å². The van der Waals surface area contributed by atoms with Crippen LogP contribution >= 0.6 is 58.0 Å². The number of nitrogens with one attached hydrogen (secondary N) is 4. The Balaban J connectivity index is 1.27. The Morgan fingerprint density at radius 2 is 1.00 bits per heavy atom. The fourth-order valence-electron chi connectivity index (χ4n) is 5.99. The molecule has 0 heterocycles. The molecule has 0 saturated carbocycles. The molecule has 342 valence electrons. The summed E-state index contributed by atoms with van der Waals surface area (Å²) in [5.74, 6) is -3.24. The number of nitrogens with zero attached hydrogens (tertiary/aromatic N) is 4. The molecule has 0 aliphatic heterocycles. The van der Waals surface area contributed by atoms with Crippen molar-refractivity contribution in [3.63, 3.8) is 0 Å². The molecule has 4 amide bonds. The first-order chi connectivity index (χ1) is 31.6. The number of alkyl halides is 3. The Hall–Kier alpha value is -6.43. The van der Waals surface area contributed by atoms with Gasteiger partial charge in [-0.25, -0.2) is 0 Å². The van der Waals surface area contributed by atoms with Gasteiger partial charge in [-0.1, -0.05) is 47.5 Å². The molecule has 0 saturated heterocycles. The number of carbonyl (C=O) groups excluding carboxylic acids is 6. The minimum absolute atomic E-state index is 0.000723. The number of carbonyl (C=O) groups is 6. The third-order valence-electron chi connectivity index (χ3n) is 9.38. The van der Waals surface area contributed by atoms with Crippen LogP contribution in [0.3, 0.4) is 0 Å². The van der Waals surface area contributed by atoms with Crippen LogP contribution in [0.5, 0.6) is 11.5 Å². The largest absolute Gasteiger partial charge is 0.495 e. The zero-order chi connectivity index (χ0) is 48.1. The van der Waals surface area contributed by atoms with E-state index in [1.165, 1.54) is 68.8 Å². The van der Waals surface area contributed by atoms with Gasteiger partial charge in [0, 0.05) is 29.0 Å². The van der Waals surface area contributed by atoms with Gasteiger partial charge in [0.2, 0.25) is 12.1 Å². The second-order valence-corrected chi connectivity index (χ2v) is 15.5. The SMILES string of the molecule is COc1ccc(CCl)cc1NC(=O)c1cccc(N=NC(C(C)=O)C(=O)Nc2ccc(NC(=O)C(N=Nc3cccc(C(=O)Nc4cc(CCl)ccc4OC)c3Cl)C(C)=O)c(CCl)c2)c1Cl. The molecule has 0 radical (unpaired) electrons. The third-order valence-corrected chi connectivity index (χ3v) is 11.1. The molecule has 0 aromatic heterocycles. The Kier molecular flexibility index (Phi) is 18.1. The predicted octanol–water partition coefficient (Wildman–Crippen LogP) is 11.1. The summed E-state index contributed by atoms with van der Waals surface area (Å²) in [6, 6.07) is 19.9. The lowest BCUT2D eigenvalue weighted by Gasteiger charge is -2.15. The van der Waals surface area contributed by atoms with E-state index in [9.17, 15) is 28.8 Å². The van der Waals surface area contributed by atoms with Crippen LogP contribution in [0, 0.1) is 0 Å². The van der Waals surface area contributed by atoms with Crippen LogP contribution in [0.15, 0.2) is 111 Å². The molecule has 66 heavy (non-hydrogen) atoms. The summed E-state index contributed by atoms with van der Waals surface area (Å²) in [6.07, 6.45) is 0. The molecule has 2 atom stereocenters. The molecular weight excluding hydrogens is 958 g/mol. The molecule has 2 unspecified atom stereocenters. The number of hydrogen-bond donors (Lipinski definition) is 4. The molecule has 0 fully saturated rings. The molecule has 0 aliphatic rings. The quantitative estimate of drug-likeness (QED) is 0.0353. The lowest BCUT2D eigenvalue weighted by molar-refractivity contribution is -0.127. The molecule has 4 N–H and O–H groups in total. The van der Waals surface area contributed by atoms with Gasteiger partial charge in [0.1, 0.15) is 22.9 Å². The summed E-state index contributed by atoms with van der Waals surface area (Å²) in [6.45, 7) is 2.29. The Morgan fingerprint density at radius 3 is 1.41 bits per heavy atom. The lowest BCUT2D eigenvalue weighted by Crippen LogP contribution is -2.32. The summed E-state index contributed by atoms with van der Waals surface area (Å²) >= 11 is 31.3. The van der Waals surface area contributed by atoms with E-state index in [1.54, 1.807) is 36.4 Å². The number of amides is 4. The van der Waals surface area contributed by atoms with E-state index in [-0.39, 0.29) is 61.6 Å². The van der Waals surface area contributed by atoms with Crippen molar-refractivity contribution >= 4 is 127 Å². The first kappa shape index (κ1) is 50.6. The fraction of sp³-hybridized carbons (Fsp3) is 0.200. The van der Waals surface area contributed by atoms with E-state index in [0.29, 0.717) is 28.4 Å². The highest BCUT2D eigenvalue weighted by Gasteiger charge is 2.27. The first-order valence-electron chi connectivity index (χ1n) is 19.4. The minimum Gasteiger partial charge on any atom is -0.495 e. The number of hydrogen-bond acceptors (Lipinski definition) is 12. The molecular formula is C45H39Cl5N8O8. The van der Waals surface area contributed by atoms with E-state index < -0.39 is 47.3 Å². The molecule has 5 aromatic carbocycles. The van der Waals surface area contributed by atoms with E-state index in [0.717, 1.165) is 25.0 Å². The van der Waals surface area contributed by atoms with Crippen molar-refractivity contribution in [1.29, 1.82) is 0 Å². The Labute approximate surface area is 403 Å². The van der Waals surface area contributed by atoms with Crippen LogP contribution in [-0.4, -0.2) is 61.5 Å². The van der Waals surface area contributed by atoms with Crippen LogP contribution in [0.4, 0.5) is 34.1 Å². The molecule has 0 spiro atoms. The smallest absolute Gasteiger partial charge is 0.258 e. The van der Waals surface area contributed by atoms with Gasteiger partial charge >= 0.3 is 0 Å². The van der Waals surface area contributed by atoms with E-state index in [1.807, 2.05) is 0 Å². The number of ketones is 2. The maximum absolute atomic E-state index is 13.4. The highest BCUT2D eigenvalue weighted by Crippen LogP contribution is 2.34. The number of benzene rings is 5. The van der Waals surface area contributed by atoms with Crippen molar-refractivity contribution in [3.05, 3.63) is 129 Å². The Morgan fingerprint density at radius 1 is 0.545 bits per heavy atom. The maximum atomic E-state index is 13.4. The van der Waals surface area contributed by atoms with Crippen molar-refractivity contribution < 1.29 is 38.2 Å². The molecule has 5 aromatic rings. The Bertz CT molecular complexity index is 2750. The molecule has 21 heteroatoms. The van der Waals surface area contributed by atoms with Gasteiger partial charge in [0.15, 0.2) is 11.6 Å². The number of rotatable bonds is 19. The second-order valence-electron chi connectivity index (χ2n) is 14.0. The van der Waals surface area contributed by atoms with Crippen LogP contribution in [0.2, 0.25) is 10.0 Å². The van der Waals surface area contributed by atoms with Gasteiger partial charge in [-0.15, -0.1) is 34.8 Å². The van der Waals surface area contributed by atoms with Crippen LogP contribution in [-0.2, 0) is 36.8 Å². The van der Waals surface area contributed by atoms with Gasteiger partial charge in [-0.3, -0.25) is 28.8 Å². The van der Waals surface area contributed by atoms with Crippen molar-refractivity contribution in [2.75, 3.05) is 35.5 Å². The number of methoxy groups -OCH3 is 2. The van der Waals surface area contributed by atoms with E-state index in [4.69, 9.17) is 67.5 Å². The minimum atomic E-state index is -1.65. The van der Waals surface area contributed by atoms with E-state index in [2.05, 4.69) is 41.7 Å². The third kappa shape index (κ3) is 12.7. The second kappa shape index (κ2) is 23.7. The van der Waals surface area contributed by atoms with Crippen molar-refractivity contribution in [3.8, 4) is 11.5 Å². The summed E-state index contributed by atoms with van der Waals surface area (Å²) < 4.78 is 10.7. The standard InChI is InChI=1S/C45H39Cl5N8O8/c1-23(59)40(57-55-32-9-5-7-29(38(32)49)42(61)53-34-17-25(20-46)11-15-36(34)65-3)44(63)51-28-13-14-31(27(19-28)22-48)52-45(64)41(24(2)60)58-56-33-10-6-8-30(39(33)50)43(62)54-35-18-26(21-47)12-16-37(35)66-4/h5-19,40-41H,20-22H2,1-4H3,(H,51,63)(H,52,64)(H,53,61)(H,54,62). The summed E-state index contributed by atoms with van der Waals surface area (Å²) in [5.41, 5.74) is 2.89. The van der Waals surface area contributed by atoms with Gasteiger partial charge in [0.05, 0.1) is 46.8 Å². The lowest BCUT2D eigenvalue weighted by atomic mass is 10.1. The summed E-state index contributed by atoms with van der Waals surface area (Å²) in [7, 11) is 2.90. The average molecular weight is 997 g/mol. The molecule has 16 nitrogen and oxygen atoms in total. The van der Waals surface area contributed by atoms with Crippen LogP contribution in [0.25, 0.3) is 0 Å². The zero-order valence-electron chi connectivity index (χ0n) is 35.4. The molecule has 0 aliphatic carbocycles. The van der Waals surface area contributed by atoms with Crippen molar-refractivity contribution in [2.45, 2.75) is 43.6 Å². The molecule has 5 rings (SSSR count). The number of Topliss-reactive ketones (excluding diaryl/α,β-unsaturated/α-hetero) is 2. The predicted molar refractivity (Wildman–Crippen MR) is 255 cm³/mol. The first-order valence-corrected chi connectivity index (χ1v) is 21.8. The van der Waals surface area contributed by atoms with Gasteiger partial charge < -0.3 is 30.7 Å². The highest BCUT2D eigenvalue weighted by atomic mass is 35.5. The summed E-state index contributed by atoms with van der Waals surface area (Å²) in [4.78, 5) is 78.6. The normalized spacial score (nSPS) is 12.0.